The average Bonchev–Trinajstić information content (AvgIpc) is 2.52. The molecule has 1 fully saturated rings. The number of benzene rings is 1. The van der Waals surface area contributed by atoms with Gasteiger partial charge in [-0.3, -0.25) is 20.1 Å². The monoisotopic (exact) mass is 306 g/mol. The van der Waals surface area contributed by atoms with E-state index < -0.39 is 5.54 Å². The summed E-state index contributed by atoms with van der Waals surface area (Å²) in [7, 11) is 1.60. The van der Waals surface area contributed by atoms with Crippen LogP contribution < -0.4 is 5.32 Å². The van der Waals surface area contributed by atoms with Crippen LogP contribution in [0.5, 0.6) is 0 Å². The molecule has 23 heavy (non-hydrogen) atoms. The third kappa shape index (κ3) is 2.64. The Hall–Kier alpha value is -2.87. The Morgan fingerprint density at radius 1 is 1.39 bits per heavy atom. The Morgan fingerprint density at radius 2 is 2.17 bits per heavy atom. The summed E-state index contributed by atoms with van der Waals surface area (Å²) in [4.78, 5) is 17.9. The fourth-order valence-corrected chi connectivity index (χ4v) is 2.76. The number of fused-ring (bicyclic) bond motifs is 1. The molecule has 2 heterocycles. The SMILES string of the molecule is CC#Cc1ccc2ncc(C3(C)CC(=O)N(C)C(=N)N3)cc2c1. The highest BCUT2D eigenvalue weighted by molar-refractivity contribution is 5.99. The van der Waals surface area contributed by atoms with E-state index in [1.165, 1.54) is 4.90 Å². The lowest BCUT2D eigenvalue weighted by atomic mass is 9.87. The van der Waals surface area contributed by atoms with Crippen molar-refractivity contribution in [2.45, 2.75) is 25.8 Å². The Labute approximate surface area is 135 Å². The molecule has 0 bridgehead atoms. The number of nitrogens with zero attached hydrogens (tertiary/aromatic N) is 2. The highest BCUT2D eigenvalue weighted by Crippen LogP contribution is 2.30. The fraction of sp³-hybridized carbons (Fsp3) is 0.278. The Bertz CT molecular complexity index is 857. The molecule has 0 saturated carbocycles. The number of guanidine groups is 1. The molecule has 0 spiro atoms. The van der Waals surface area contributed by atoms with Crippen LogP contribution in [0, 0.1) is 17.3 Å². The summed E-state index contributed by atoms with van der Waals surface area (Å²) in [5.41, 5.74) is 2.07. The lowest BCUT2D eigenvalue weighted by Crippen LogP contribution is -2.58. The molecule has 1 unspecified atom stereocenters. The third-order valence-electron chi connectivity index (χ3n) is 4.20. The number of hydrogen-bond donors (Lipinski definition) is 2. The van der Waals surface area contributed by atoms with Crippen LogP contribution in [0.25, 0.3) is 10.9 Å². The van der Waals surface area contributed by atoms with Gasteiger partial charge in [0.25, 0.3) is 0 Å². The molecule has 3 rings (SSSR count). The Morgan fingerprint density at radius 3 is 2.87 bits per heavy atom. The number of carbonyl (C=O) groups is 1. The van der Waals surface area contributed by atoms with Crippen molar-refractivity contribution in [1.29, 1.82) is 5.41 Å². The zero-order chi connectivity index (χ0) is 16.6. The van der Waals surface area contributed by atoms with Crippen molar-refractivity contribution < 1.29 is 4.79 Å². The molecule has 1 aliphatic heterocycles. The maximum absolute atomic E-state index is 12.1. The van der Waals surface area contributed by atoms with Crippen LogP contribution in [0.1, 0.15) is 31.4 Å². The molecule has 1 amide bonds. The van der Waals surface area contributed by atoms with E-state index in [-0.39, 0.29) is 18.3 Å². The zero-order valence-corrected chi connectivity index (χ0v) is 13.4. The molecule has 1 aromatic heterocycles. The molecule has 5 heteroatoms. The van der Waals surface area contributed by atoms with Crippen LogP contribution in [0.4, 0.5) is 0 Å². The van der Waals surface area contributed by atoms with E-state index >= 15 is 0 Å². The van der Waals surface area contributed by atoms with Crippen molar-refractivity contribution in [1.82, 2.24) is 15.2 Å². The molecule has 2 aromatic rings. The van der Waals surface area contributed by atoms with Crippen molar-refractivity contribution in [3.63, 3.8) is 0 Å². The minimum absolute atomic E-state index is 0.0815. The summed E-state index contributed by atoms with van der Waals surface area (Å²) in [6.45, 7) is 3.73. The molecular formula is C18H18N4O. The standard InChI is InChI=1S/C18H18N4O/c1-4-5-12-6-7-15-13(8-12)9-14(11-20-15)18(2)10-16(23)22(3)17(19)21-18/h6-9,11H,10H2,1-3H3,(H2,19,21). The summed E-state index contributed by atoms with van der Waals surface area (Å²) in [6, 6.07) is 7.90. The number of pyridine rings is 1. The van der Waals surface area contributed by atoms with Gasteiger partial charge in [0.1, 0.15) is 0 Å². The van der Waals surface area contributed by atoms with Crippen LogP contribution in [-0.4, -0.2) is 28.8 Å². The molecule has 116 valence electrons. The van der Waals surface area contributed by atoms with Gasteiger partial charge in [0.2, 0.25) is 5.91 Å². The van der Waals surface area contributed by atoms with Gasteiger partial charge in [-0.1, -0.05) is 5.92 Å². The largest absolute Gasteiger partial charge is 0.346 e. The molecule has 2 N–H and O–H groups in total. The van der Waals surface area contributed by atoms with Crippen LogP contribution in [0.15, 0.2) is 30.5 Å². The first-order valence-corrected chi connectivity index (χ1v) is 7.39. The first kappa shape index (κ1) is 15.0. The van der Waals surface area contributed by atoms with Crippen molar-refractivity contribution in [2.24, 2.45) is 0 Å². The van der Waals surface area contributed by atoms with Gasteiger partial charge < -0.3 is 5.32 Å². The van der Waals surface area contributed by atoms with Gasteiger partial charge in [-0.25, -0.2) is 0 Å². The van der Waals surface area contributed by atoms with E-state index in [9.17, 15) is 4.79 Å². The van der Waals surface area contributed by atoms with Crippen molar-refractivity contribution >= 4 is 22.8 Å². The molecule has 1 saturated heterocycles. The second-order valence-corrected chi connectivity index (χ2v) is 5.94. The summed E-state index contributed by atoms with van der Waals surface area (Å²) in [5, 5.41) is 12.0. The second-order valence-electron chi connectivity index (χ2n) is 5.94. The molecule has 5 nitrogen and oxygen atoms in total. The number of carbonyl (C=O) groups excluding carboxylic acids is 1. The predicted molar refractivity (Wildman–Crippen MR) is 89.9 cm³/mol. The lowest BCUT2D eigenvalue weighted by Gasteiger charge is -2.39. The second kappa shape index (κ2) is 5.40. The lowest BCUT2D eigenvalue weighted by molar-refractivity contribution is -0.129. The van der Waals surface area contributed by atoms with Gasteiger partial charge >= 0.3 is 0 Å². The van der Waals surface area contributed by atoms with Gasteiger partial charge in [-0.2, -0.15) is 0 Å². The highest BCUT2D eigenvalue weighted by atomic mass is 16.2. The van der Waals surface area contributed by atoms with E-state index in [1.54, 1.807) is 20.2 Å². The fourth-order valence-electron chi connectivity index (χ4n) is 2.76. The van der Waals surface area contributed by atoms with Crippen LogP contribution in [-0.2, 0) is 10.3 Å². The first-order chi connectivity index (χ1) is 10.9. The summed E-state index contributed by atoms with van der Waals surface area (Å²) in [6.07, 6.45) is 2.06. The number of amides is 1. The maximum atomic E-state index is 12.1. The highest BCUT2D eigenvalue weighted by Gasteiger charge is 2.38. The van der Waals surface area contributed by atoms with E-state index in [4.69, 9.17) is 5.41 Å². The quantitative estimate of drug-likeness (QED) is 0.794. The average molecular weight is 306 g/mol. The van der Waals surface area contributed by atoms with Crippen LogP contribution in [0.2, 0.25) is 0 Å². The number of nitrogens with one attached hydrogen (secondary N) is 2. The van der Waals surface area contributed by atoms with Crippen molar-refractivity contribution in [3.8, 4) is 11.8 Å². The molecule has 1 aliphatic rings. The molecular weight excluding hydrogens is 288 g/mol. The number of hydrogen-bond acceptors (Lipinski definition) is 3. The zero-order valence-electron chi connectivity index (χ0n) is 13.4. The van der Waals surface area contributed by atoms with E-state index in [0.29, 0.717) is 0 Å². The van der Waals surface area contributed by atoms with E-state index in [1.807, 2.05) is 31.2 Å². The van der Waals surface area contributed by atoms with E-state index in [0.717, 1.165) is 22.0 Å². The van der Waals surface area contributed by atoms with Crippen LogP contribution >= 0.6 is 0 Å². The molecule has 1 atom stereocenters. The summed E-state index contributed by atoms with van der Waals surface area (Å²) >= 11 is 0. The summed E-state index contributed by atoms with van der Waals surface area (Å²) < 4.78 is 0. The van der Waals surface area contributed by atoms with Gasteiger partial charge in [0.15, 0.2) is 5.96 Å². The van der Waals surface area contributed by atoms with E-state index in [2.05, 4.69) is 22.1 Å². The Kier molecular flexibility index (Phi) is 3.53. The minimum Gasteiger partial charge on any atom is -0.346 e. The summed E-state index contributed by atoms with van der Waals surface area (Å²) in [5.74, 6) is 5.95. The normalized spacial score (nSPS) is 20.9. The Balaban J connectivity index is 2.06. The smallest absolute Gasteiger partial charge is 0.231 e. The minimum atomic E-state index is -0.631. The van der Waals surface area contributed by atoms with Gasteiger partial charge in [-0.05, 0) is 43.7 Å². The maximum Gasteiger partial charge on any atom is 0.231 e. The molecule has 0 radical (unpaired) electrons. The predicted octanol–water partition coefficient (Wildman–Crippen LogP) is 2.21. The molecule has 0 aliphatic carbocycles. The van der Waals surface area contributed by atoms with Crippen molar-refractivity contribution in [2.75, 3.05) is 7.05 Å². The number of rotatable bonds is 1. The molecule has 1 aromatic carbocycles. The van der Waals surface area contributed by atoms with Crippen LogP contribution in [0.3, 0.4) is 0 Å². The first-order valence-electron chi connectivity index (χ1n) is 7.39. The van der Waals surface area contributed by atoms with Gasteiger partial charge in [-0.15, -0.1) is 5.92 Å². The van der Waals surface area contributed by atoms with Crippen molar-refractivity contribution in [3.05, 3.63) is 41.6 Å². The third-order valence-corrected chi connectivity index (χ3v) is 4.20. The topological polar surface area (TPSA) is 69.1 Å². The van der Waals surface area contributed by atoms with Gasteiger partial charge in [0.05, 0.1) is 17.5 Å². The number of aromatic nitrogens is 1. The van der Waals surface area contributed by atoms with Gasteiger partial charge in [0, 0.05) is 24.2 Å².